The summed E-state index contributed by atoms with van der Waals surface area (Å²) < 4.78 is 19.1. The van der Waals surface area contributed by atoms with E-state index in [9.17, 15) is 4.39 Å². The molecule has 2 aromatic rings. The second-order valence-corrected chi connectivity index (χ2v) is 5.27. The van der Waals surface area contributed by atoms with E-state index in [2.05, 4.69) is 0 Å². The van der Waals surface area contributed by atoms with E-state index in [0.717, 1.165) is 22.4 Å². The van der Waals surface area contributed by atoms with E-state index in [4.69, 9.17) is 22.1 Å². The van der Waals surface area contributed by atoms with Crippen LogP contribution in [-0.4, -0.2) is 0 Å². The minimum absolute atomic E-state index is 0.112. The molecule has 0 spiro atoms. The van der Waals surface area contributed by atoms with Crippen molar-refractivity contribution in [3.05, 3.63) is 63.9 Å². The molecule has 1 atom stereocenters. The molecule has 0 saturated carbocycles. The normalized spacial score (nSPS) is 12.2. The van der Waals surface area contributed by atoms with E-state index in [0.29, 0.717) is 0 Å². The molecular formula is C16H17ClFNO. The van der Waals surface area contributed by atoms with Gasteiger partial charge in [-0.3, -0.25) is 0 Å². The lowest BCUT2D eigenvalue weighted by Gasteiger charge is -2.15. The van der Waals surface area contributed by atoms with E-state index in [1.807, 2.05) is 32.0 Å². The number of halogens is 2. The Hall–Kier alpha value is -1.58. The zero-order valence-corrected chi connectivity index (χ0v) is 12.2. The predicted octanol–water partition coefficient (Wildman–Crippen LogP) is 4.39. The maximum Gasteiger partial charge on any atom is 0.142 e. The van der Waals surface area contributed by atoms with Gasteiger partial charge in [0.25, 0.3) is 0 Å². The van der Waals surface area contributed by atoms with Gasteiger partial charge in [0.1, 0.15) is 18.2 Å². The highest BCUT2D eigenvalue weighted by atomic mass is 35.5. The first-order valence-electron chi connectivity index (χ1n) is 6.40. The molecule has 2 nitrogen and oxygen atoms in total. The van der Waals surface area contributed by atoms with Gasteiger partial charge in [-0.1, -0.05) is 29.8 Å². The zero-order chi connectivity index (χ0) is 14.7. The highest BCUT2D eigenvalue weighted by Crippen LogP contribution is 2.26. The lowest BCUT2D eigenvalue weighted by molar-refractivity contribution is 0.300. The van der Waals surface area contributed by atoms with E-state index in [1.54, 1.807) is 6.07 Å². The maximum atomic E-state index is 13.4. The van der Waals surface area contributed by atoms with Crippen LogP contribution in [-0.2, 0) is 6.61 Å². The molecule has 0 aliphatic carbocycles. The molecule has 0 fully saturated rings. The van der Waals surface area contributed by atoms with Gasteiger partial charge in [-0.2, -0.15) is 0 Å². The molecule has 2 rings (SSSR count). The molecule has 0 saturated heterocycles. The molecule has 0 bridgehead atoms. The molecule has 2 aromatic carbocycles. The van der Waals surface area contributed by atoms with Crippen LogP contribution in [0.2, 0.25) is 5.02 Å². The summed E-state index contributed by atoms with van der Waals surface area (Å²) in [5.74, 6) is 0.291. The van der Waals surface area contributed by atoms with Crippen molar-refractivity contribution in [1.29, 1.82) is 0 Å². The third-order valence-electron chi connectivity index (χ3n) is 3.04. The highest BCUT2D eigenvalue weighted by Gasteiger charge is 2.09. The third-order valence-corrected chi connectivity index (χ3v) is 3.34. The monoisotopic (exact) mass is 293 g/mol. The van der Waals surface area contributed by atoms with Crippen molar-refractivity contribution >= 4 is 11.6 Å². The number of nitrogens with two attached hydrogens (primary N) is 1. The quantitative estimate of drug-likeness (QED) is 0.907. The Balaban J connectivity index is 2.17. The summed E-state index contributed by atoms with van der Waals surface area (Å²) in [6.45, 7) is 4.16. The molecular weight excluding hydrogens is 277 g/mol. The lowest BCUT2D eigenvalue weighted by Crippen LogP contribution is -2.08. The Bertz CT molecular complexity index is 613. The van der Waals surface area contributed by atoms with Gasteiger partial charge in [0.15, 0.2) is 0 Å². The van der Waals surface area contributed by atoms with Crippen LogP contribution in [0.4, 0.5) is 4.39 Å². The minimum atomic E-state index is -0.440. The van der Waals surface area contributed by atoms with Gasteiger partial charge in [-0.25, -0.2) is 4.39 Å². The fourth-order valence-corrected chi connectivity index (χ4v) is 2.05. The van der Waals surface area contributed by atoms with Crippen LogP contribution in [0, 0.1) is 12.7 Å². The summed E-state index contributed by atoms with van der Waals surface area (Å²) in [5.41, 5.74) is 8.67. The van der Waals surface area contributed by atoms with Crippen molar-refractivity contribution in [2.75, 3.05) is 0 Å². The Kier molecular flexibility index (Phi) is 4.63. The van der Waals surface area contributed by atoms with Gasteiger partial charge in [0.05, 0.1) is 5.02 Å². The summed E-state index contributed by atoms with van der Waals surface area (Å²) in [6, 6.07) is 10.4. The average molecular weight is 294 g/mol. The number of benzene rings is 2. The molecule has 0 amide bonds. The van der Waals surface area contributed by atoms with Gasteiger partial charge in [-0.15, -0.1) is 0 Å². The predicted molar refractivity (Wildman–Crippen MR) is 79.5 cm³/mol. The van der Waals surface area contributed by atoms with Crippen molar-refractivity contribution in [3.63, 3.8) is 0 Å². The van der Waals surface area contributed by atoms with Crippen LogP contribution >= 0.6 is 11.6 Å². The third kappa shape index (κ3) is 3.50. The van der Waals surface area contributed by atoms with Gasteiger partial charge in [0.2, 0.25) is 0 Å². The number of rotatable bonds is 4. The summed E-state index contributed by atoms with van der Waals surface area (Å²) in [5, 5.41) is 0.112. The first-order valence-corrected chi connectivity index (χ1v) is 6.78. The van der Waals surface area contributed by atoms with Crippen LogP contribution in [0.3, 0.4) is 0 Å². The smallest absolute Gasteiger partial charge is 0.142 e. The highest BCUT2D eigenvalue weighted by molar-refractivity contribution is 6.30. The zero-order valence-electron chi connectivity index (χ0n) is 11.5. The Morgan fingerprint density at radius 1 is 1.25 bits per heavy atom. The molecule has 2 N–H and O–H groups in total. The summed E-state index contributed by atoms with van der Waals surface area (Å²) in [7, 11) is 0. The fraction of sp³-hybridized carbons (Fsp3) is 0.250. The van der Waals surface area contributed by atoms with Gasteiger partial charge in [0, 0.05) is 11.6 Å². The first-order chi connectivity index (χ1) is 9.47. The SMILES string of the molecule is Cc1ccc([C@@H](C)N)c(OCc2ccc(Cl)c(F)c2)c1. The van der Waals surface area contributed by atoms with Crippen LogP contribution in [0.15, 0.2) is 36.4 Å². The van der Waals surface area contributed by atoms with Gasteiger partial charge < -0.3 is 10.5 Å². The molecule has 0 aliphatic heterocycles. The maximum absolute atomic E-state index is 13.4. The largest absolute Gasteiger partial charge is 0.489 e. The molecule has 0 aliphatic rings. The van der Waals surface area contributed by atoms with Crippen molar-refractivity contribution < 1.29 is 9.13 Å². The second-order valence-electron chi connectivity index (χ2n) is 4.87. The van der Waals surface area contributed by atoms with E-state index in [1.165, 1.54) is 12.1 Å². The first kappa shape index (κ1) is 14.8. The van der Waals surface area contributed by atoms with Crippen LogP contribution in [0.5, 0.6) is 5.75 Å². The number of hydrogen-bond donors (Lipinski definition) is 1. The number of ether oxygens (including phenoxy) is 1. The second kappa shape index (κ2) is 6.25. The number of hydrogen-bond acceptors (Lipinski definition) is 2. The molecule has 0 aromatic heterocycles. The molecule has 4 heteroatoms. The molecule has 106 valence electrons. The van der Waals surface area contributed by atoms with Crippen molar-refractivity contribution in [2.45, 2.75) is 26.5 Å². The van der Waals surface area contributed by atoms with Crippen LogP contribution in [0.1, 0.15) is 29.7 Å². The standard InChI is InChI=1S/C16H17ClFNO/c1-10-3-5-13(11(2)19)16(7-10)20-9-12-4-6-14(17)15(18)8-12/h3-8,11H,9,19H2,1-2H3/t11-/m1/s1. The van der Waals surface area contributed by atoms with Crippen molar-refractivity contribution in [1.82, 2.24) is 0 Å². The van der Waals surface area contributed by atoms with E-state index in [-0.39, 0.29) is 17.7 Å². The lowest BCUT2D eigenvalue weighted by atomic mass is 10.1. The Morgan fingerprint density at radius 3 is 2.65 bits per heavy atom. The Morgan fingerprint density at radius 2 is 2.00 bits per heavy atom. The molecule has 0 radical (unpaired) electrons. The van der Waals surface area contributed by atoms with E-state index < -0.39 is 5.82 Å². The van der Waals surface area contributed by atoms with Gasteiger partial charge in [-0.05, 0) is 43.2 Å². The van der Waals surface area contributed by atoms with Crippen LogP contribution in [0.25, 0.3) is 0 Å². The van der Waals surface area contributed by atoms with Crippen molar-refractivity contribution in [3.8, 4) is 5.75 Å². The molecule has 0 heterocycles. The summed E-state index contributed by atoms with van der Waals surface area (Å²) in [4.78, 5) is 0. The van der Waals surface area contributed by atoms with Crippen molar-refractivity contribution in [2.24, 2.45) is 5.73 Å². The average Bonchev–Trinajstić information content (AvgIpc) is 2.40. The summed E-state index contributed by atoms with van der Waals surface area (Å²) in [6.07, 6.45) is 0. The molecule has 20 heavy (non-hydrogen) atoms. The number of aryl methyl sites for hydroxylation is 1. The van der Waals surface area contributed by atoms with Crippen LogP contribution < -0.4 is 10.5 Å². The topological polar surface area (TPSA) is 35.2 Å². The summed E-state index contributed by atoms with van der Waals surface area (Å²) >= 11 is 5.65. The van der Waals surface area contributed by atoms with E-state index >= 15 is 0 Å². The van der Waals surface area contributed by atoms with Gasteiger partial charge >= 0.3 is 0 Å². The fourth-order valence-electron chi connectivity index (χ4n) is 1.93. The molecule has 0 unspecified atom stereocenters. The minimum Gasteiger partial charge on any atom is -0.489 e. The Labute approximate surface area is 123 Å².